The van der Waals surface area contributed by atoms with Crippen molar-refractivity contribution < 1.29 is 0 Å². The van der Waals surface area contributed by atoms with E-state index in [1.54, 1.807) is 0 Å². The Kier molecular flexibility index (Phi) is 3.57. The van der Waals surface area contributed by atoms with Crippen LogP contribution in [0.2, 0.25) is 0 Å². The van der Waals surface area contributed by atoms with Crippen molar-refractivity contribution in [1.82, 2.24) is 14.9 Å². The molecule has 0 saturated carbocycles. The van der Waals surface area contributed by atoms with Crippen molar-refractivity contribution in [2.45, 2.75) is 13.3 Å². The predicted octanol–water partition coefficient (Wildman–Crippen LogP) is 3.30. The summed E-state index contributed by atoms with van der Waals surface area (Å²) in [7, 11) is 2.19. The van der Waals surface area contributed by atoms with Crippen LogP contribution in [0.1, 0.15) is 17.0 Å². The first-order chi connectivity index (χ1) is 12.7. The summed E-state index contributed by atoms with van der Waals surface area (Å²) in [5, 5.41) is 0. The molecule has 5 heteroatoms. The lowest BCUT2D eigenvalue weighted by atomic mass is 10.0. The minimum Gasteiger partial charge on any atom is -0.369 e. The predicted molar refractivity (Wildman–Crippen MR) is 107 cm³/mol. The third-order valence-corrected chi connectivity index (χ3v) is 5.48. The van der Waals surface area contributed by atoms with E-state index in [0.29, 0.717) is 0 Å². The first kappa shape index (κ1) is 15.6. The Bertz CT molecular complexity index is 1010. The molecule has 3 heterocycles. The van der Waals surface area contributed by atoms with Crippen molar-refractivity contribution in [3.63, 3.8) is 0 Å². The number of likely N-dealkylation sites (N-methyl/N-ethyl adjacent to an activating group) is 1. The van der Waals surface area contributed by atoms with Gasteiger partial charge in [-0.1, -0.05) is 12.1 Å². The smallest absolute Gasteiger partial charge is 0.104 e. The quantitative estimate of drug-likeness (QED) is 0.775. The number of imidazole rings is 1. The highest BCUT2D eigenvalue weighted by Gasteiger charge is 2.20. The van der Waals surface area contributed by atoms with Gasteiger partial charge in [0.25, 0.3) is 0 Å². The Labute approximate surface area is 153 Å². The van der Waals surface area contributed by atoms with Gasteiger partial charge in [0.2, 0.25) is 0 Å². The molecule has 3 aromatic rings. The normalized spacial score (nSPS) is 17.6. The monoisotopic (exact) mass is 345 g/mol. The fraction of sp³-hybridized carbons (Fsp3) is 0.333. The van der Waals surface area contributed by atoms with E-state index in [1.807, 2.05) is 6.92 Å². The van der Waals surface area contributed by atoms with Gasteiger partial charge in [-0.3, -0.25) is 4.99 Å². The molecule has 0 spiro atoms. The molecule has 5 nitrogen and oxygen atoms in total. The van der Waals surface area contributed by atoms with Gasteiger partial charge in [-0.2, -0.15) is 0 Å². The Hall–Kier alpha value is -2.66. The Balaban J connectivity index is 1.44. The van der Waals surface area contributed by atoms with Crippen molar-refractivity contribution in [2.75, 3.05) is 38.1 Å². The SMILES string of the molecule is Cc1nc2ccc(C3=Nc4cc(N5CCN(C)CC5)ccc4C3)cc2[nH]1. The molecule has 0 aliphatic carbocycles. The van der Waals surface area contributed by atoms with E-state index in [0.717, 1.165) is 60.9 Å². The Morgan fingerprint density at radius 3 is 2.69 bits per heavy atom. The van der Waals surface area contributed by atoms with Gasteiger partial charge in [-0.05, 0) is 49.4 Å². The first-order valence-electron chi connectivity index (χ1n) is 9.26. The molecule has 1 aromatic heterocycles. The molecular formula is C21H23N5. The number of H-pyrrole nitrogens is 1. The summed E-state index contributed by atoms with van der Waals surface area (Å²) in [5.41, 5.74) is 8.15. The highest BCUT2D eigenvalue weighted by molar-refractivity contribution is 6.08. The van der Waals surface area contributed by atoms with E-state index in [1.165, 1.54) is 16.8 Å². The lowest BCUT2D eigenvalue weighted by Crippen LogP contribution is -2.44. The molecule has 2 aliphatic heterocycles. The summed E-state index contributed by atoms with van der Waals surface area (Å²) >= 11 is 0. The van der Waals surface area contributed by atoms with Gasteiger partial charge in [-0.15, -0.1) is 0 Å². The second-order valence-electron chi connectivity index (χ2n) is 7.39. The van der Waals surface area contributed by atoms with Crippen molar-refractivity contribution in [3.05, 3.63) is 53.3 Å². The molecule has 0 amide bonds. The molecule has 0 unspecified atom stereocenters. The zero-order chi connectivity index (χ0) is 17.7. The maximum atomic E-state index is 4.95. The summed E-state index contributed by atoms with van der Waals surface area (Å²) in [6, 6.07) is 13.1. The number of hydrogen-bond donors (Lipinski definition) is 1. The summed E-state index contributed by atoms with van der Waals surface area (Å²) < 4.78 is 0. The molecule has 1 fully saturated rings. The minimum atomic E-state index is 0.900. The van der Waals surface area contributed by atoms with Crippen LogP contribution < -0.4 is 4.90 Å². The molecular weight excluding hydrogens is 322 g/mol. The van der Waals surface area contributed by atoms with E-state index >= 15 is 0 Å². The molecule has 0 bridgehead atoms. The molecule has 5 rings (SSSR count). The minimum absolute atomic E-state index is 0.900. The fourth-order valence-electron chi connectivity index (χ4n) is 3.92. The highest BCUT2D eigenvalue weighted by Crippen LogP contribution is 2.33. The number of nitrogens with zero attached hydrogens (tertiary/aromatic N) is 4. The maximum absolute atomic E-state index is 4.95. The number of aromatic amines is 1. The van der Waals surface area contributed by atoms with Crippen LogP contribution in [-0.4, -0.2) is 53.8 Å². The van der Waals surface area contributed by atoms with E-state index in [9.17, 15) is 0 Å². The molecule has 0 radical (unpaired) electrons. The van der Waals surface area contributed by atoms with Crippen LogP contribution >= 0.6 is 0 Å². The van der Waals surface area contributed by atoms with Gasteiger partial charge in [-0.25, -0.2) is 4.98 Å². The van der Waals surface area contributed by atoms with Crippen molar-refractivity contribution in [3.8, 4) is 0 Å². The number of hydrogen-bond acceptors (Lipinski definition) is 4. The van der Waals surface area contributed by atoms with E-state index in [-0.39, 0.29) is 0 Å². The second-order valence-corrected chi connectivity index (χ2v) is 7.39. The molecule has 0 atom stereocenters. The van der Waals surface area contributed by atoms with Crippen LogP contribution in [0.25, 0.3) is 11.0 Å². The lowest BCUT2D eigenvalue weighted by molar-refractivity contribution is 0.313. The second kappa shape index (κ2) is 5.95. The highest BCUT2D eigenvalue weighted by atomic mass is 15.2. The number of aromatic nitrogens is 2. The van der Waals surface area contributed by atoms with Crippen LogP contribution in [-0.2, 0) is 6.42 Å². The van der Waals surface area contributed by atoms with Gasteiger partial charge in [0.1, 0.15) is 5.82 Å². The average molecular weight is 345 g/mol. The van der Waals surface area contributed by atoms with Crippen LogP contribution in [0.5, 0.6) is 0 Å². The van der Waals surface area contributed by atoms with Gasteiger partial charge in [0, 0.05) is 38.3 Å². The van der Waals surface area contributed by atoms with E-state index < -0.39 is 0 Å². The summed E-state index contributed by atoms with van der Waals surface area (Å²) in [5.74, 6) is 0.950. The number of aryl methyl sites for hydroxylation is 1. The average Bonchev–Trinajstić information content (AvgIpc) is 3.23. The molecule has 26 heavy (non-hydrogen) atoms. The van der Waals surface area contributed by atoms with Crippen LogP contribution in [0, 0.1) is 6.92 Å². The number of benzene rings is 2. The number of rotatable bonds is 2. The Morgan fingerprint density at radius 2 is 1.85 bits per heavy atom. The maximum Gasteiger partial charge on any atom is 0.104 e. The first-order valence-corrected chi connectivity index (χ1v) is 9.26. The van der Waals surface area contributed by atoms with E-state index in [4.69, 9.17) is 4.99 Å². The Morgan fingerprint density at radius 1 is 1.00 bits per heavy atom. The number of nitrogens with one attached hydrogen (secondary N) is 1. The number of aliphatic imine (C=N–C) groups is 1. The lowest BCUT2D eigenvalue weighted by Gasteiger charge is -2.34. The van der Waals surface area contributed by atoms with E-state index in [2.05, 4.69) is 63.2 Å². The summed E-state index contributed by atoms with van der Waals surface area (Å²) in [4.78, 5) is 17.6. The van der Waals surface area contributed by atoms with Crippen molar-refractivity contribution >= 4 is 28.1 Å². The van der Waals surface area contributed by atoms with Crippen molar-refractivity contribution in [1.29, 1.82) is 0 Å². The largest absolute Gasteiger partial charge is 0.369 e. The molecule has 2 aromatic carbocycles. The van der Waals surface area contributed by atoms with Crippen LogP contribution in [0.4, 0.5) is 11.4 Å². The van der Waals surface area contributed by atoms with Gasteiger partial charge in [0.15, 0.2) is 0 Å². The molecule has 1 saturated heterocycles. The zero-order valence-corrected chi connectivity index (χ0v) is 15.3. The van der Waals surface area contributed by atoms with Gasteiger partial charge < -0.3 is 14.8 Å². The van der Waals surface area contributed by atoms with Crippen molar-refractivity contribution in [2.24, 2.45) is 4.99 Å². The summed E-state index contributed by atoms with van der Waals surface area (Å²) in [6.07, 6.45) is 0.900. The third-order valence-electron chi connectivity index (χ3n) is 5.48. The number of piperazine rings is 1. The third kappa shape index (κ3) is 2.69. The topological polar surface area (TPSA) is 47.5 Å². The molecule has 2 aliphatic rings. The zero-order valence-electron chi connectivity index (χ0n) is 15.3. The van der Waals surface area contributed by atoms with Crippen LogP contribution in [0.3, 0.4) is 0 Å². The molecule has 1 N–H and O–H groups in total. The number of fused-ring (bicyclic) bond motifs is 2. The molecule has 132 valence electrons. The fourth-order valence-corrected chi connectivity index (χ4v) is 3.92. The standard InChI is InChI=1S/C21H23N5/c1-14-22-18-6-4-16(12-21(18)23-14)19-11-15-3-5-17(13-20(15)24-19)26-9-7-25(2)8-10-26/h3-6,12-13H,7-11H2,1-2H3,(H,22,23). The van der Waals surface area contributed by atoms with Gasteiger partial charge in [0.05, 0.1) is 22.4 Å². The van der Waals surface area contributed by atoms with Crippen LogP contribution in [0.15, 0.2) is 41.4 Å². The van der Waals surface area contributed by atoms with Gasteiger partial charge >= 0.3 is 0 Å². The number of anilines is 1. The summed E-state index contributed by atoms with van der Waals surface area (Å²) in [6.45, 7) is 6.40.